The summed E-state index contributed by atoms with van der Waals surface area (Å²) in [7, 11) is 1.67. The molecule has 0 aliphatic carbocycles. The Kier molecular flexibility index (Phi) is 4.49. The maximum Gasteiger partial charge on any atom is 0.140 e. The third-order valence-corrected chi connectivity index (χ3v) is 2.78. The monoisotopic (exact) mass is 253 g/mol. The smallest absolute Gasteiger partial charge is 0.140 e. The highest BCUT2D eigenvalue weighted by Gasteiger charge is 2.01. The minimum Gasteiger partial charge on any atom is -0.496 e. The van der Waals surface area contributed by atoms with Crippen molar-refractivity contribution in [3.8, 4) is 11.8 Å². The fourth-order valence-corrected chi connectivity index (χ4v) is 1.84. The van der Waals surface area contributed by atoms with E-state index in [1.807, 2.05) is 36.4 Å². The largest absolute Gasteiger partial charge is 0.496 e. The van der Waals surface area contributed by atoms with Gasteiger partial charge in [0.2, 0.25) is 0 Å². The Bertz CT molecular complexity index is 590. The number of methoxy groups -OCH3 is 1. The number of ether oxygens (including phenoxy) is 1. The van der Waals surface area contributed by atoms with Gasteiger partial charge in [0.1, 0.15) is 17.5 Å². The molecule has 2 aromatic rings. The topological polar surface area (TPSA) is 57.9 Å². The summed E-state index contributed by atoms with van der Waals surface area (Å²) < 4.78 is 5.29. The van der Waals surface area contributed by atoms with Crippen LogP contribution >= 0.6 is 0 Å². The van der Waals surface area contributed by atoms with Crippen molar-refractivity contribution in [1.29, 1.82) is 5.26 Å². The molecule has 96 valence electrons. The van der Waals surface area contributed by atoms with E-state index in [-0.39, 0.29) is 0 Å². The first-order valence-electron chi connectivity index (χ1n) is 6.01. The minimum atomic E-state index is 0.441. The molecule has 0 spiro atoms. The molecule has 0 bridgehead atoms. The predicted octanol–water partition coefficient (Wildman–Crippen LogP) is 2.25. The van der Waals surface area contributed by atoms with Crippen LogP contribution in [0.4, 0.5) is 0 Å². The number of para-hydroxylation sites is 1. The summed E-state index contributed by atoms with van der Waals surface area (Å²) in [5, 5.41) is 12.1. The average molecular weight is 253 g/mol. The summed E-state index contributed by atoms with van der Waals surface area (Å²) in [6.45, 7) is 1.41. The second-order valence-corrected chi connectivity index (χ2v) is 4.08. The van der Waals surface area contributed by atoms with Crippen LogP contribution in [0.25, 0.3) is 0 Å². The Morgan fingerprint density at radius 3 is 2.89 bits per heavy atom. The molecule has 1 aromatic heterocycles. The number of nitrogens with zero attached hydrogens (tertiary/aromatic N) is 2. The Morgan fingerprint density at radius 1 is 1.26 bits per heavy atom. The number of nitriles is 1. The van der Waals surface area contributed by atoms with Crippen molar-refractivity contribution in [3.05, 3.63) is 59.4 Å². The van der Waals surface area contributed by atoms with Gasteiger partial charge in [0.05, 0.1) is 7.11 Å². The van der Waals surface area contributed by atoms with Crippen LogP contribution in [-0.2, 0) is 13.1 Å². The van der Waals surface area contributed by atoms with Gasteiger partial charge in [-0.15, -0.1) is 0 Å². The summed E-state index contributed by atoms with van der Waals surface area (Å²) in [4.78, 5) is 3.94. The van der Waals surface area contributed by atoms with E-state index in [9.17, 15) is 0 Å². The van der Waals surface area contributed by atoms with Gasteiger partial charge in [-0.1, -0.05) is 18.2 Å². The van der Waals surface area contributed by atoms with Gasteiger partial charge in [-0.3, -0.25) is 0 Å². The van der Waals surface area contributed by atoms with Gasteiger partial charge in [-0.2, -0.15) is 5.26 Å². The molecule has 19 heavy (non-hydrogen) atoms. The van der Waals surface area contributed by atoms with Crippen molar-refractivity contribution >= 4 is 0 Å². The summed E-state index contributed by atoms with van der Waals surface area (Å²) in [5.74, 6) is 0.877. The zero-order valence-electron chi connectivity index (χ0n) is 10.8. The van der Waals surface area contributed by atoms with Crippen molar-refractivity contribution in [2.75, 3.05) is 7.11 Å². The van der Waals surface area contributed by atoms with E-state index in [4.69, 9.17) is 10.00 Å². The quantitative estimate of drug-likeness (QED) is 0.888. The van der Waals surface area contributed by atoms with E-state index in [2.05, 4.69) is 10.3 Å². The fourth-order valence-electron chi connectivity index (χ4n) is 1.84. The molecule has 0 fully saturated rings. The summed E-state index contributed by atoms with van der Waals surface area (Å²) >= 11 is 0. The zero-order chi connectivity index (χ0) is 13.5. The lowest BCUT2D eigenvalue weighted by atomic mass is 10.2. The Balaban J connectivity index is 1.94. The third-order valence-electron chi connectivity index (χ3n) is 2.78. The van der Waals surface area contributed by atoms with Crippen molar-refractivity contribution in [2.45, 2.75) is 13.1 Å². The lowest BCUT2D eigenvalue weighted by Gasteiger charge is -2.09. The molecule has 1 heterocycles. The number of hydrogen-bond donors (Lipinski definition) is 1. The number of benzene rings is 1. The van der Waals surface area contributed by atoms with E-state index in [1.54, 1.807) is 19.4 Å². The Labute approximate surface area is 112 Å². The highest BCUT2D eigenvalue weighted by atomic mass is 16.5. The van der Waals surface area contributed by atoms with Gasteiger partial charge in [0.25, 0.3) is 0 Å². The van der Waals surface area contributed by atoms with Crippen LogP contribution in [0, 0.1) is 11.3 Å². The Morgan fingerprint density at radius 2 is 2.11 bits per heavy atom. The van der Waals surface area contributed by atoms with Gasteiger partial charge in [-0.25, -0.2) is 4.98 Å². The van der Waals surface area contributed by atoms with Gasteiger partial charge in [0, 0.05) is 24.8 Å². The average Bonchev–Trinajstić information content (AvgIpc) is 2.48. The van der Waals surface area contributed by atoms with E-state index >= 15 is 0 Å². The molecule has 1 N–H and O–H groups in total. The van der Waals surface area contributed by atoms with Gasteiger partial charge < -0.3 is 10.1 Å². The van der Waals surface area contributed by atoms with Crippen LogP contribution in [0.2, 0.25) is 0 Å². The Hall–Kier alpha value is -2.38. The van der Waals surface area contributed by atoms with Gasteiger partial charge in [-0.05, 0) is 23.8 Å². The highest BCUT2D eigenvalue weighted by molar-refractivity contribution is 5.33. The van der Waals surface area contributed by atoms with Crippen LogP contribution in [0.1, 0.15) is 16.8 Å². The molecule has 0 radical (unpaired) electrons. The molecular formula is C15H15N3O. The molecule has 4 nitrogen and oxygen atoms in total. The third kappa shape index (κ3) is 3.54. The van der Waals surface area contributed by atoms with Crippen LogP contribution in [0.15, 0.2) is 42.6 Å². The van der Waals surface area contributed by atoms with E-state index < -0.39 is 0 Å². The van der Waals surface area contributed by atoms with Crippen molar-refractivity contribution < 1.29 is 4.74 Å². The number of hydrogen-bond acceptors (Lipinski definition) is 4. The van der Waals surface area contributed by atoms with Crippen LogP contribution in [0.5, 0.6) is 5.75 Å². The standard InChI is InChI=1S/C15H15N3O/c1-19-15-5-3-2-4-13(15)11-17-10-12-6-7-18-14(8-12)9-16/h2-8,17H,10-11H2,1H3. The first-order valence-corrected chi connectivity index (χ1v) is 6.01. The highest BCUT2D eigenvalue weighted by Crippen LogP contribution is 2.16. The normalized spacial score (nSPS) is 9.89. The van der Waals surface area contributed by atoms with E-state index in [1.165, 1.54) is 0 Å². The number of nitrogens with one attached hydrogen (secondary N) is 1. The van der Waals surface area contributed by atoms with Gasteiger partial charge in [0.15, 0.2) is 0 Å². The minimum absolute atomic E-state index is 0.441. The van der Waals surface area contributed by atoms with Crippen LogP contribution in [-0.4, -0.2) is 12.1 Å². The first-order chi connectivity index (χ1) is 9.33. The maximum atomic E-state index is 8.78. The van der Waals surface area contributed by atoms with Crippen LogP contribution < -0.4 is 10.1 Å². The van der Waals surface area contributed by atoms with Crippen molar-refractivity contribution in [3.63, 3.8) is 0 Å². The van der Waals surface area contributed by atoms with Crippen LogP contribution in [0.3, 0.4) is 0 Å². The molecule has 0 amide bonds. The number of pyridine rings is 1. The van der Waals surface area contributed by atoms with Crippen molar-refractivity contribution in [2.24, 2.45) is 0 Å². The molecule has 0 aliphatic heterocycles. The SMILES string of the molecule is COc1ccccc1CNCc1ccnc(C#N)c1. The summed E-state index contributed by atoms with van der Waals surface area (Å²) in [6.07, 6.45) is 1.65. The maximum absolute atomic E-state index is 8.78. The molecule has 0 aliphatic rings. The molecule has 0 unspecified atom stereocenters. The van der Waals surface area contributed by atoms with E-state index in [0.717, 1.165) is 16.9 Å². The molecular weight excluding hydrogens is 238 g/mol. The molecule has 4 heteroatoms. The summed E-state index contributed by atoms with van der Waals surface area (Å²) in [6, 6.07) is 13.6. The fraction of sp³-hybridized carbons (Fsp3) is 0.200. The lowest BCUT2D eigenvalue weighted by Crippen LogP contribution is -2.13. The lowest BCUT2D eigenvalue weighted by molar-refractivity contribution is 0.407. The predicted molar refractivity (Wildman–Crippen MR) is 72.5 cm³/mol. The van der Waals surface area contributed by atoms with Crippen molar-refractivity contribution in [1.82, 2.24) is 10.3 Å². The zero-order valence-corrected chi connectivity index (χ0v) is 10.8. The second kappa shape index (κ2) is 6.53. The van der Waals surface area contributed by atoms with E-state index in [0.29, 0.717) is 18.8 Å². The molecule has 2 rings (SSSR count). The molecule has 0 saturated carbocycles. The number of rotatable bonds is 5. The molecule has 1 aromatic carbocycles. The molecule has 0 atom stereocenters. The molecule has 0 saturated heterocycles. The number of aromatic nitrogens is 1. The summed E-state index contributed by atoms with van der Waals surface area (Å²) in [5.41, 5.74) is 2.60. The van der Waals surface area contributed by atoms with Gasteiger partial charge >= 0.3 is 0 Å². The second-order valence-electron chi connectivity index (χ2n) is 4.08. The first kappa shape index (κ1) is 13.1.